The number of halogens is 1. The Balaban J connectivity index is 2.21. The molecule has 0 aliphatic heterocycles. The molecule has 5 nitrogen and oxygen atoms in total. The molecule has 6 heteroatoms. The van der Waals surface area contributed by atoms with Gasteiger partial charge in [-0.15, -0.1) is 0 Å². The standard InChI is InChI=1S/C15H21BrN2O3/c1-3-18-9-11(16)8-12(18)13(19)17-15(14(20)21)6-4-10(2)5-7-15/h8-10H,3-7H2,1-2H3,(H,17,19)(H,20,21). The Morgan fingerprint density at radius 1 is 1.48 bits per heavy atom. The van der Waals surface area contributed by atoms with E-state index in [1.165, 1.54) is 0 Å². The van der Waals surface area contributed by atoms with Crippen molar-refractivity contribution in [3.8, 4) is 0 Å². The fraction of sp³-hybridized carbons (Fsp3) is 0.600. The van der Waals surface area contributed by atoms with Gasteiger partial charge in [0.2, 0.25) is 0 Å². The van der Waals surface area contributed by atoms with Gasteiger partial charge in [-0.2, -0.15) is 0 Å². The Bertz CT molecular complexity index is 545. The fourth-order valence-electron chi connectivity index (χ4n) is 2.86. The van der Waals surface area contributed by atoms with E-state index in [2.05, 4.69) is 28.2 Å². The van der Waals surface area contributed by atoms with Gasteiger partial charge in [0.05, 0.1) is 0 Å². The van der Waals surface area contributed by atoms with Crippen molar-refractivity contribution in [3.05, 3.63) is 22.4 Å². The SMILES string of the molecule is CCn1cc(Br)cc1C(=O)NC1(C(=O)O)CCC(C)CC1. The maximum atomic E-state index is 12.5. The van der Waals surface area contributed by atoms with E-state index in [1.807, 2.05) is 13.1 Å². The Labute approximate surface area is 132 Å². The van der Waals surface area contributed by atoms with E-state index in [0.717, 1.165) is 17.3 Å². The number of carbonyl (C=O) groups excluding carboxylic acids is 1. The second kappa shape index (κ2) is 6.22. The molecular weight excluding hydrogens is 336 g/mol. The van der Waals surface area contributed by atoms with Gasteiger partial charge < -0.3 is 15.0 Å². The topological polar surface area (TPSA) is 71.3 Å². The number of hydrogen-bond donors (Lipinski definition) is 2. The lowest BCUT2D eigenvalue weighted by Gasteiger charge is -2.36. The molecule has 1 amide bonds. The summed E-state index contributed by atoms with van der Waals surface area (Å²) in [6, 6.07) is 1.72. The van der Waals surface area contributed by atoms with Crippen LogP contribution < -0.4 is 5.32 Å². The Hall–Kier alpha value is -1.30. The van der Waals surface area contributed by atoms with Gasteiger partial charge in [-0.05, 0) is 60.5 Å². The summed E-state index contributed by atoms with van der Waals surface area (Å²) in [5.74, 6) is -0.737. The molecule has 1 aliphatic rings. The van der Waals surface area contributed by atoms with Crippen LogP contribution in [0.25, 0.3) is 0 Å². The number of hydrogen-bond acceptors (Lipinski definition) is 2. The maximum Gasteiger partial charge on any atom is 0.329 e. The molecule has 1 fully saturated rings. The largest absolute Gasteiger partial charge is 0.480 e. The zero-order chi connectivity index (χ0) is 15.6. The summed E-state index contributed by atoms with van der Waals surface area (Å²) in [4.78, 5) is 24.2. The highest BCUT2D eigenvalue weighted by Gasteiger charge is 2.42. The zero-order valence-electron chi connectivity index (χ0n) is 12.4. The highest BCUT2D eigenvalue weighted by molar-refractivity contribution is 9.10. The maximum absolute atomic E-state index is 12.5. The lowest BCUT2D eigenvalue weighted by atomic mass is 9.77. The van der Waals surface area contributed by atoms with E-state index in [1.54, 1.807) is 10.6 Å². The lowest BCUT2D eigenvalue weighted by molar-refractivity contribution is -0.146. The van der Waals surface area contributed by atoms with Gasteiger partial charge in [0, 0.05) is 17.2 Å². The van der Waals surface area contributed by atoms with Gasteiger partial charge in [-0.25, -0.2) is 4.79 Å². The summed E-state index contributed by atoms with van der Waals surface area (Å²) in [5, 5.41) is 12.3. The van der Waals surface area contributed by atoms with Crippen LogP contribution in [0.2, 0.25) is 0 Å². The highest BCUT2D eigenvalue weighted by Crippen LogP contribution is 2.32. The molecule has 2 N–H and O–H groups in total. The first-order chi connectivity index (χ1) is 9.88. The molecule has 1 saturated carbocycles. The van der Waals surface area contributed by atoms with Gasteiger partial charge in [-0.1, -0.05) is 6.92 Å². The first kappa shape index (κ1) is 16.1. The average molecular weight is 357 g/mol. The normalized spacial score (nSPS) is 25.6. The molecule has 0 unspecified atom stereocenters. The van der Waals surface area contributed by atoms with E-state index >= 15 is 0 Å². The van der Waals surface area contributed by atoms with Crippen LogP contribution in [-0.2, 0) is 11.3 Å². The van der Waals surface area contributed by atoms with Crippen LogP contribution >= 0.6 is 15.9 Å². The number of rotatable bonds is 4. The van der Waals surface area contributed by atoms with E-state index in [-0.39, 0.29) is 5.91 Å². The smallest absolute Gasteiger partial charge is 0.329 e. The monoisotopic (exact) mass is 356 g/mol. The van der Waals surface area contributed by atoms with E-state index < -0.39 is 11.5 Å². The van der Waals surface area contributed by atoms with Crippen LogP contribution in [-0.4, -0.2) is 27.1 Å². The van der Waals surface area contributed by atoms with Crippen LogP contribution in [0.1, 0.15) is 50.0 Å². The van der Waals surface area contributed by atoms with Crippen molar-refractivity contribution in [2.24, 2.45) is 5.92 Å². The molecule has 0 radical (unpaired) electrons. The van der Waals surface area contributed by atoms with Crippen LogP contribution in [0.15, 0.2) is 16.7 Å². The first-order valence-electron chi connectivity index (χ1n) is 7.29. The minimum absolute atomic E-state index is 0.320. The molecule has 21 heavy (non-hydrogen) atoms. The van der Waals surface area contributed by atoms with Gasteiger partial charge >= 0.3 is 5.97 Å². The molecule has 0 bridgehead atoms. The summed E-state index contributed by atoms with van der Waals surface area (Å²) in [6.45, 7) is 4.72. The van der Waals surface area contributed by atoms with Crippen LogP contribution in [0.3, 0.4) is 0 Å². The Kier molecular flexibility index (Phi) is 4.76. The zero-order valence-corrected chi connectivity index (χ0v) is 13.9. The van der Waals surface area contributed by atoms with Gasteiger partial charge in [-0.3, -0.25) is 4.79 Å². The highest BCUT2D eigenvalue weighted by atomic mass is 79.9. The fourth-order valence-corrected chi connectivity index (χ4v) is 3.32. The molecule has 0 spiro atoms. The lowest BCUT2D eigenvalue weighted by Crippen LogP contribution is -2.56. The Morgan fingerprint density at radius 2 is 2.10 bits per heavy atom. The molecule has 0 aromatic carbocycles. The first-order valence-corrected chi connectivity index (χ1v) is 8.09. The minimum Gasteiger partial charge on any atom is -0.480 e. The number of nitrogens with one attached hydrogen (secondary N) is 1. The molecule has 1 aromatic heterocycles. The number of carboxylic acids is 1. The van der Waals surface area contributed by atoms with Crippen LogP contribution in [0, 0.1) is 5.92 Å². The van der Waals surface area contributed by atoms with Crippen molar-refractivity contribution in [3.63, 3.8) is 0 Å². The van der Waals surface area contributed by atoms with E-state index in [9.17, 15) is 14.7 Å². The average Bonchev–Trinajstić information content (AvgIpc) is 2.82. The number of aromatic nitrogens is 1. The molecule has 1 heterocycles. The number of aliphatic carboxylic acids is 1. The summed E-state index contributed by atoms with van der Waals surface area (Å²) in [6.07, 6.45) is 4.45. The summed E-state index contributed by atoms with van der Waals surface area (Å²) in [5.41, 5.74) is -0.637. The predicted octanol–water partition coefficient (Wildman–Crippen LogP) is 3.03. The van der Waals surface area contributed by atoms with E-state index in [0.29, 0.717) is 31.0 Å². The third-order valence-electron chi connectivity index (χ3n) is 4.33. The summed E-state index contributed by atoms with van der Waals surface area (Å²) >= 11 is 3.35. The third-order valence-corrected chi connectivity index (χ3v) is 4.76. The molecule has 116 valence electrons. The number of carbonyl (C=O) groups is 2. The van der Waals surface area contributed by atoms with Crippen LogP contribution in [0.5, 0.6) is 0 Å². The van der Waals surface area contributed by atoms with Gasteiger partial charge in [0.1, 0.15) is 11.2 Å². The number of amides is 1. The number of aryl methyl sites for hydroxylation is 1. The molecule has 0 saturated heterocycles. The van der Waals surface area contributed by atoms with Gasteiger partial charge in [0.25, 0.3) is 5.91 Å². The van der Waals surface area contributed by atoms with Crippen LogP contribution in [0.4, 0.5) is 0 Å². The molecule has 0 atom stereocenters. The summed E-state index contributed by atoms with van der Waals surface area (Å²) in [7, 11) is 0. The van der Waals surface area contributed by atoms with E-state index in [4.69, 9.17) is 0 Å². The van der Waals surface area contributed by atoms with Crippen molar-refractivity contribution < 1.29 is 14.7 Å². The van der Waals surface area contributed by atoms with Gasteiger partial charge in [0.15, 0.2) is 0 Å². The van der Waals surface area contributed by atoms with Crippen molar-refractivity contribution >= 4 is 27.8 Å². The molecule has 1 aromatic rings. The Morgan fingerprint density at radius 3 is 2.62 bits per heavy atom. The predicted molar refractivity (Wildman–Crippen MR) is 83.3 cm³/mol. The second-order valence-corrected chi connectivity index (χ2v) is 6.77. The molecule has 2 rings (SSSR count). The molecular formula is C15H21BrN2O3. The summed E-state index contributed by atoms with van der Waals surface area (Å²) < 4.78 is 2.62. The second-order valence-electron chi connectivity index (χ2n) is 5.85. The minimum atomic E-state index is -1.13. The van der Waals surface area contributed by atoms with Crippen molar-refractivity contribution in [2.45, 2.75) is 51.6 Å². The number of carboxylic acid groups (broad SMARTS) is 1. The quantitative estimate of drug-likeness (QED) is 0.870. The number of nitrogens with zero attached hydrogens (tertiary/aromatic N) is 1. The third kappa shape index (κ3) is 3.31. The van der Waals surface area contributed by atoms with Crippen molar-refractivity contribution in [1.82, 2.24) is 9.88 Å². The molecule has 1 aliphatic carbocycles. The van der Waals surface area contributed by atoms with Crippen molar-refractivity contribution in [1.29, 1.82) is 0 Å². The van der Waals surface area contributed by atoms with Crippen molar-refractivity contribution in [2.75, 3.05) is 0 Å².